The van der Waals surface area contributed by atoms with Crippen LogP contribution in [0.5, 0.6) is 11.5 Å². The van der Waals surface area contributed by atoms with E-state index >= 15 is 0 Å². The van der Waals surface area contributed by atoms with Gasteiger partial charge in [-0.05, 0) is 31.0 Å². The molecule has 0 saturated heterocycles. The average molecular weight is 266 g/mol. The van der Waals surface area contributed by atoms with Gasteiger partial charge in [-0.1, -0.05) is 6.07 Å². The van der Waals surface area contributed by atoms with Crippen molar-refractivity contribution >= 4 is 11.8 Å². The van der Waals surface area contributed by atoms with E-state index in [-0.39, 0.29) is 13.0 Å². The Balaban J connectivity index is 2.63. The second kappa shape index (κ2) is 7.41. The molecule has 0 saturated carbocycles. The summed E-state index contributed by atoms with van der Waals surface area (Å²) in [4.78, 5) is 22.6. The maximum Gasteiger partial charge on any atom is 0.374 e. The van der Waals surface area contributed by atoms with Crippen LogP contribution in [-0.4, -0.2) is 32.6 Å². The van der Waals surface area contributed by atoms with E-state index in [9.17, 15) is 9.59 Å². The first-order valence-electron chi connectivity index (χ1n) is 6.03. The van der Waals surface area contributed by atoms with Crippen molar-refractivity contribution < 1.29 is 23.8 Å². The highest BCUT2D eigenvalue weighted by Gasteiger charge is 2.14. The molecule has 1 aromatic rings. The molecule has 0 aliphatic carbocycles. The molecule has 5 nitrogen and oxygen atoms in total. The molecule has 0 spiro atoms. The zero-order chi connectivity index (χ0) is 14.3. The molecule has 0 unspecified atom stereocenters. The SMILES string of the molecule is CCOC(=O)C(=O)CCc1ccc(OC)c(OC)c1. The molecule has 5 heteroatoms. The van der Waals surface area contributed by atoms with Gasteiger partial charge in [0.2, 0.25) is 5.78 Å². The third kappa shape index (κ3) is 4.28. The molecule has 0 aromatic heterocycles. The van der Waals surface area contributed by atoms with Crippen LogP contribution in [0.4, 0.5) is 0 Å². The zero-order valence-corrected chi connectivity index (χ0v) is 11.4. The van der Waals surface area contributed by atoms with Crippen LogP contribution in [0.3, 0.4) is 0 Å². The molecule has 0 aliphatic heterocycles. The van der Waals surface area contributed by atoms with Gasteiger partial charge in [-0.25, -0.2) is 4.79 Å². The topological polar surface area (TPSA) is 61.8 Å². The predicted octanol–water partition coefficient (Wildman–Crippen LogP) is 1.77. The second-order valence-electron chi connectivity index (χ2n) is 3.83. The number of ketones is 1. The molecule has 0 aliphatic rings. The van der Waals surface area contributed by atoms with Crippen molar-refractivity contribution in [2.75, 3.05) is 20.8 Å². The summed E-state index contributed by atoms with van der Waals surface area (Å²) >= 11 is 0. The molecule has 19 heavy (non-hydrogen) atoms. The molecule has 0 bridgehead atoms. The Morgan fingerprint density at radius 3 is 2.37 bits per heavy atom. The minimum atomic E-state index is -0.775. The lowest BCUT2D eigenvalue weighted by molar-refractivity contribution is -0.153. The highest BCUT2D eigenvalue weighted by atomic mass is 16.5. The Hall–Kier alpha value is -2.04. The summed E-state index contributed by atoms with van der Waals surface area (Å²) < 4.78 is 14.9. The van der Waals surface area contributed by atoms with Crippen LogP contribution in [0.2, 0.25) is 0 Å². The molecule has 0 atom stereocenters. The molecular formula is C14H18O5. The van der Waals surface area contributed by atoms with Crippen molar-refractivity contribution in [1.82, 2.24) is 0 Å². The average Bonchev–Trinajstić information content (AvgIpc) is 2.44. The number of ether oxygens (including phenoxy) is 3. The smallest absolute Gasteiger partial charge is 0.374 e. The van der Waals surface area contributed by atoms with E-state index in [0.717, 1.165) is 5.56 Å². The van der Waals surface area contributed by atoms with Crippen molar-refractivity contribution in [3.8, 4) is 11.5 Å². The van der Waals surface area contributed by atoms with Gasteiger partial charge in [-0.2, -0.15) is 0 Å². The van der Waals surface area contributed by atoms with Gasteiger partial charge in [0.05, 0.1) is 20.8 Å². The Bertz CT molecular complexity index is 453. The van der Waals surface area contributed by atoms with E-state index in [1.54, 1.807) is 33.3 Å². The number of Topliss-reactive ketones (excluding diaryl/α,β-unsaturated/α-hetero) is 1. The van der Waals surface area contributed by atoms with Gasteiger partial charge in [0.25, 0.3) is 0 Å². The summed E-state index contributed by atoms with van der Waals surface area (Å²) in [5, 5.41) is 0. The molecule has 104 valence electrons. The molecule has 1 aromatic carbocycles. The molecule has 1 rings (SSSR count). The number of rotatable bonds is 7. The maximum absolute atomic E-state index is 11.5. The fourth-order valence-electron chi connectivity index (χ4n) is 1.61. The van der Waals surface area contributed by atoms with Gasteiger partial charge >= 0.3 is 5.97 Å². The summed E-state index contributed by atoms with van der Waals surface area (Å²) in [6.45, 7) is 1.88. The number of methoxy groups -OCH3 is 2. The van der Waals surface area contributed by atoms with E-state index in [0.29, 0.717) is 17.9 Å². The molecular weight excluding hydrogens is 248 g/mol. The van der Waals surface area contributed by atoms with Crippen LogP contribution < -0.4 is 9.47 Å². The normalized spacial score (nSPS) is 9.84. The Morgan fingerprint density at radius 2 is 1.79 bits per heavy atom. The van der Waals surface area contributed by atoms with Gasteiger partial charge in [0.15, 0.2) is 11.5 Å². The number of esters is 1. The Kier molecular flexibility index (Phi) is 5.85. The quantitative estimate of drug-likeness (QED) is 0.556. The van der Waals surface area contributed by atoms with E-state index in [1.165, 1.54) is 0 Å². The van der Waals surface area contributed by atoms with Crippen molar-refractivity contribution in [2.45, 2.75) is 19.8 Å². The number of carbonyl (C=O) groups is 2. The minimum absolute atomic E-state index is 0.119. The second-order valence-corrected chi connectivity index (χ2v) is 3.83. The Morgan fingerprint density at radius 1 is 1.11 bits per heavy atom. The summed E-state index contributed by atoms with van der Waals surface area (Å²) in [7, 11) is 3.10. The standard InChI is InChI=1S/C14H18O5/c1-4-19-14(16)11(15)7-5-10-6-8-12(17-2)13(9-10)18-3/h6,8-9H,4-5,7H2,1-3H3. The first kappa shape index (κ1) is 15.0. The van der Waals surface area contributed by atoms with Crippen LogP contribution in [-0.2, 0) is 20.7 Å². The first-order valence-corrected chi connectivity index (χ1v) is 6.03. The lowest BCUT2D eigenvalue weighted by Gasteiger charge is -2.09. The third-order valence-electron chi connectivity index (χ3n) is 2.59. The van der Waals surface area contributed by atoms with Gasteiger partial charge in [-0.15, -0.1) is 0 Å². The van der Waals surface area contributed by atoms with E-state index in [1.807, 2.05) is 6.07 Å². The molecule has 0 heterocycles. The van der Waals surface area contributed by atoms with Crippen molar-refractivity contribution in [3.63, 3.8) is 0 Å². The first-order chi connectivity index (χ1) is 9.12. The maximum atomic E-state index is 11.5. The van der Waals surface area contributed by atoms with Crippen molar-refractivity contribution in [2.24, 2.45) is 0 Å². The highest BCUT2D eigenvalue weighted by molar-refractivity contribution is 6.33. The monoisotopic (exact) mass is 266 g/mol. The van der Waals surface area contributed by atoms with Crippen molar-refractivity contribution in [3.05, 3.63) is 23.8 Å². The lowest BCUT2D eigenvalue weighted by Crippen LogP contribution is -2.17. The molecule has 0 fully saturated rings. The van der Waals surface area contributed by atoms with Crippen LogP contribution >= 0.6 is 0 Å². The number of benzene rings is 1. The van der Waals surface area contributed by atoms with Gasteiger partial charge in [0, 0.05) is 6.42 Å². The fourth-order valence-corrected chi connectivity index (χ4v) is 1.61. The lowest BCUT2D eigenvalue weighted by atomic mass is 10.1. The van der Waals surface area contributed by atoms with E-state index < -0.39 is 11.8 Å². The van der Waals surface area contributed by atoms with Gasteiger partial charge in [0.1, 0.15) is 0 Å². The van der Waals surface area contributed by atoms with Crippen LogP contribution in [0.1, 0.15) is 18.9 Å². The Labute approximate surface area is 112 Å². The van der Waals surface area contributed by atoms with Gasteiger partial charge in [-0.3, -0.25) is 4.79 Å². The van der Waals surface area contributed by atoms with Crippen LogP contribution in [0.25, 0.3) is 0 Å². The van der Waals surface area contributed by atoms with E-state index in [4.69, 9.17) is 9.47 Å². The third-order valence-corrected chi connectivity index (χ3v) is 2.59. The van der Waals surface area contributed by atoms with Gasteiger partial charge < -0.3 is 14.2 Å². The summed E-state index contributed by atoms with van der Waals surface area (Å²) in [5.41, 5.74) is 0.898. The number of hydrogen-bond donors (Lipinski definition) is 0. The molecule has 0 N–H and O–H groups in total. The predicted molar refractivity (Wildman–Crippen MR) is 69.5 cm³/mol. The fraction of sp³-hybridized carbons (Fsp3) is 0.429. The summed E-state index contributed by atoms with van der Waals surface area (Å²) in [6.07, 6.45) is 0.576. The van der Waals surface area contributed by atoms with E-state index in [2.05, 4.69) is 4.74 Å². The summed E-state index contributed by atoms with van der Waals surface area (Å²) in [5.74, 6) is -0.0637. The number of hydrogen-bond acceptors (Lipinski definition) is 5. The van der Waals surface area contributed by atoms with Crippen molar-refractivity contribution in [1.29, 1.82) is 0 Å². The number of aryl methyl sites for hydroxylation is 1. The highest BCUT2D eigenvalue weighted by Crippen LogP contribution is 2.27. The molecule has 0 radical (unpaired) electrons. The minimum Gasteiger partial charge on any atom is -0.493 e. The van der Waals surface area contributed by atoms with Crippen LogP contribution in [0, 0.1) is 0 Å². The molecule has 0 amide bonds. The number of carbonyl (C=O) groups excluding carboxylic acids is 2. The van der Waals surface area contributed by atoms with Crippen LogP contribution in [0.15, 0.2) is 18.2 Å². The zero-order valence-electron chi connectivity index (χ0n) is 11.4. The largest absolute Gasteiger partial charge is 0.493 e. The summed E-state index contributed by atoms with van der Waals surface area (Å²) in [6, 6.07) is 5.39.